The number of piperidine rings is 4. The average Bonchev–Trinajstić information content (AvgIpc) is 3.87. The fourth-order valence-corrected chi connectivity index (χ4v) is 10.0. The first-order valence-electron chi connectivity index (χ1n) is 21.7. The van der Waals surface area contributed by atoms with Crippen LogP contribution in [0, 0.1) is 11.8 Å². The van der Waals surface area contributed by atoms with Gasteiger partial charge in [0.1, 0.15) is 17.7 Å². The van der Waals surface area contributed by atoms with E-state index in [-0.39, 0.29) is 41.7 Å². The van der Waals surface area contributed by atoms with E-state index in [9.17, 15) is 24.6 Å². The molecule has 2 aromatic carbocycles. The molecule has 0 saturated carbocycles. The fourth-order valence-electron chi connectivity index (χ4n) is 10.0. The topological polar surface area (TPSA) is 154 Å². The van der Waals surface area contributed by atoms with Gasteiger partial charge in [-0.1, -0.05) is 36.4 Å². The molecule has 4 aromatic rings. The number of para-hydroxylation sites is 2. The number of rotatable bonds is 8. The van der Waals surface area contributed by atoms with Gasteiger partial charge in [-0.25, -0.2) is 4.79 Å². The van der Waals surface area contributed by atoms with Crippen LogP contribution in [0.15, 0.2) is 60.9 Å². The van der Waals surface area contributed by atoms with Crippen LogP contribution in [0.5, 0.6) is 0 Å². The lowest BCUT2D eigenvalue weighted by Crippen LogP contribution is -2.52. The first-order chi connectivity index (χ1) is 28.9. The number of H-pyrrole nitrogens is 2. The van der Waals surface area contributed by atoms with Crippen molar-refractivity contribution in [3.8, 4) is 0 Å². The Morgan fingerprint density at radius 1 is 0.672 bits per heavy atom. The summed E-state index contributed by atoms with van der Waals surface area (Å²) in [6.45, 7) is 11.9. The SMILES string of the molecule is CC(C)(C)OC(=O)N1CCC(C(C(=O)O)N2CCC(c3c[nH]c4ccccc34)CC2)CC1.Cl.ClCCl.O=C(O)C(C1CCNCC1)N1CCC(c2c[nH]c3ccccc23)CC1. The first-order valence-corrected chi connectivity index (χ1v) is 22.8. The van der Waals surface area contributed by atoms with Crippen LogP contribution in [0.4, 0.5) is 4.79 Å². The van der Waals surface area contributed by atoms with E-state index >= 15 is 0 Å². The van der Waals surface area contributed by atoms with Gasteiger partial charge in [-0.3, -0.25) is 19.4 Å². The molecule has 0 bridgehead atoms. The second-order valence-electron chi connectivity index (χ2n) is 17.8. The minimum absolute atomic E-state index is 0. The molecule has 336 valence electrons. The number of carboxylic acids is 2. The van der Waals surface area contributed by atoms with Crippen molar-refractivity contribution >= 4 is 75.4 Å². The summed E-state index contributed by atoms with van der Waals surface area (Å²) in [5.74, 6) is -0.0800. The number of alkyl halides is 2. The lowest BCUT2D eigenvalue weighted by molar-refractivity contribution is -0.147. The minimum atomic E-state index is -0.744. The van der Waals surface area contributed by atoms with Gasteiger partial charge in [-0.15, -0.1) is 35.6 Å². The van der Waals surface area contributed by atoms with E-state index in [0.29, 0.717) is 37.8 Å². The number of likely N-dealkylation sites (tertiary alicyclic amines) is 3. The minimum Gasteiger partial charge on any atom is -0.480 e. The molecule has 0 radical (unpaired) electrons. The van der Waals surface area contributed by atoms with Crippen molar-refractivity contribution in [3.63, 3.8) is 0 Å². The number of carbonyl (C=O) groups excluding carboxylic acids is 1. The summed E-state index contributed by atoms with van der Waals surface area (Å²) in [6.07, 6.45) is 11.3. The van der Waals surface area contributed by atoms with E-state index in [4.69, 9.17) is 27.9 Å². The Bertz CT molecular complexity index is 1990. The number of halogens is 3. The second kappa shape index (κ2) is 22.7. The Hall–Kier alpha value is -3.52. The predicted octanol–water partition coefficient (Wildman–Crippen LogP) is 9.09. The Morgan fingerprint density at radius 2 is 1.07 bits per heavy atom. The summed E-state index contributed by atoms with van der Waals surface area (Å²) in [6, 6.07) is 16.0. The third kappa shape index (κ3) is 12.6. The van der Waals surface area contributed by atoms with E-state index in [1.165, 1.54) is 27.4 Å². The molecule has 0 spiro atoms. The fraction of sp³-hybridized carbons (Fsp3) is 0.587. The van der Waals surface area contributed by atoms with Crippen LogP contribution in [0.2, 0.25) is 0 Å². The Balaban J connectivity index is 0.000000219. The molecule has 6 heterocycles. The van der Waals surface area contributed by atoms with Gasteiger partial charge in [0.2, 0.25) is 0 Å². The molecule has 5 N–H and O–H groups in total. The number of hydrogen-bond acceptors (Lipinski definition) is 7. The second-order valence-corrected chi connectivity index (χ2v) is 18.6. The third-order valence-corrected chi connectivity index (χ3v) is 12.9. The van der Waals surface area contributed by atoms with E-state index in [1.54, 1.807) is 4.90 Å². The molecule has 2 unspecified atom stereocenters. The van der Waals surface area contributed by atoms with E-state index < -0.39 is 23.6 Å². The third-order valence-electron chi connectivity index (χ3n) is 12.9. The van der Waals surface area contributed by atoms with Crippen LogP contribution >= 0.6 is 35.6 Å². The number of amides is 1. The van der Waals surface area contributed by atoms with Gasteiger partial charge < -0.3 is 35.1 Å². The van der Waals surface area contributed by atoms with Crippen LogP contribution in [0.25, 0.3) is 21.8 Å². The van der Waals surface area contributed by atoms with Crippen molar-refractivity contribution in [2.45, 2.75) is 102 Å². The summed E-state index contributed by atoms with van der Waals surface area (Å²) in [7, 11) is 0. The van der Waals surface area contributed by atoms with Gasteiger partial charge in [0.25, 0.3) is 0 Å². The average molecular weight is 904 g/mol. The lowest BCUT2D eigenvalue weighted by Gasteiger charge is -2.42. The highest BCUT2D eigenvalue weighted by Gasteiger charge is 2.40. The number of ether oxygens (including phenoxy) is 1. The molecule has 1 amide bonds. The van der Waals surface area contributed by atoms with E-state index in [1.807, 2.05) is 26.8 Å². The first kappa shape index (κ1) is 48.5. The standard InChI is InChI=1S/C25H35N3O4.C20H27N3O2.CH2Cl2.ClH/c1-25(2,3)32-24(31)28-14-10-18(11-15-28)22(23(29)30)27-12-8-17(9-13-27)20-16-26-21-7-5-4-6-19(20)21;24-20(25)19(15-5-9-21-10-6-15)23-11-7-14(8-12-23)17-13-22-18-4-2-1-3-16(17)18;2-1-3;/h4-7,16-18,22,26H,8-15H2,1-3H3,(H,29,30);1-4,13-15,19,21-22H,5-12H2,(H,24,25);1H2;1H. The molecule has 0 aliphatic carbocycles. The molecule has 4 fully saturated rings. The molecule has 12 nitrogen and oxygen atoms in total. The smallest absolute Gasteiger partial charge is 0.410 e. The quantitative estimate of drug-likeness (QED) is 0.109. The largest absolute Gasteiger partial charge is 0.480 e. The van der Waals surface area contributed by atoms with Gasteiger partial charge in [0.15, 0.2) is 0 Å². The molecule has 15 heteroatoms. The molecule has 2 atom stereocenters. The van der Waals surface area contributed by atoms with Gasteiger partial charge in [0.05, 0.1) is 5.34 Å². The molecule has 4 aliphatic heterocycles. The Morgan fingerprint density at radius 3 is 1.46 bits per heavy atom. The number of hydrogen-bond donors (Lipinski definition) is 5. The highest BCUT2D eigenvalue weighted by Crippen LogP contribution is 2.37. The number of aromatic amines is 2. The lowest BCUT2D eigenvalue weighted by atomic mass is 9.84. The van der Waals surface area contributed by atoms with Crippen LogP contribution < -0.4 is 5.32 Å². The van der Waals surface area contributed by atoms with Gasteiger partial charge in [0, 0.05) is 47.3 Å². The number of benzene rings is 2. The van der Waals surface area contributed by atoms with Crippen molar-refractivity contribution in [2.24, 2.45) is 11.8 Å². The number of nitrogens with zero attached hydrogens (tertiary/aromatic N) is 3. The predicted molar refractivity (Wildman–Crippen MR) is 246 cm³/mol. The Labute approximate surface area is 376 Å². The summed E-state index contributed by atoms with van der Waals surface area (Å²) in [5.41, 5.74) is 4.57. The monoisotopic (exact) mass is 902 g/mol. The molecular formula is C46H65Cl3N6O6. The van der Waals surface area contributed by atoms with Gasteiger partial charge >= 0.3 is 18.0 Å². The van der Waals surface area contributed by atoms with E-state index in [0.717, 1.165) is 83.3 Å². The summed E-state index contributed by atoms with van der Waals surface area (Å²) >= 11 is 9.53. The highest BCUT2D eigenvalue weighted by molar-refractivity contribution is 6.40. The zero-order valence-electron chi connectivity index (χ0n) is 35.8. The maximum atomic E-state index is 12.3. The van der Waals surface area contributed by atoms with Gasteiger partial charge in [-0.05, 0) is 158 Å². The number of nitrogens with one attached hydrogen (secondary N) is 3. The number of aliphatic carboxylic acids is 2. The zero-order valence-corrected chi connectivity index (χ0v) is 38.1. The number of carbonyl (C=O) groups is 3. The van der Waals surface area contributed by atoms with Crippen molar-refractivity contribution in [3.05, 3.63) is 72.1 Å². The number of aromatic nitrogens is 2. The molecular weight excluding hydrogens is 839 g/mol. The molecule has 61 heavy (non-hydrogen) atoms. The Kier molecular flexibility index (Phi) is 18.1. The molecule has 2 aromatic heterocycles. The van der Waals surface area contributed by atoms with Crippen molar-refractivity contribution in [1.29, 1.82) is 0 Å². The van der Waals surface area contributed by atoms with Crippen molar-refractivity contribution in [1.82, 2.24) is 30.0 Å². The van der Waals surface area contributed by atoms with Crippen LogP contribution in [-0.4, -0.2) is 128 Å². The maximum absolute atomic E-state index is 12.3. The van der Waals surface area contributed by atoms with Crippen LogP contribution in [-0.2, 0) is 14.3 Å². The summed E-state index contributed by atoms with van der Waals surface area (Å²) in [4.78, 5) is 49.3. The maximum Gasteiger partial charge on any atom is 0.410 e. The van der Waals surface area contributed by atoms with Crippen molar-refractivity contribution in [2.75, 3.05) is 57.7 Å². The summed E-state index contributed by atoms with van der Waals surface area (Å²) in [5, 5.41) is 26.0. The number of carboxylic acid groups (broad SMARTS) is 2. The van der Waals surface area contributed by atoms with Crippen LogP contribution in [0.1, 0.15) is 95.1 Å². The van der Waals surface area contributed by atoms with Gasteiger partial charge in [-0.2, -0.15) is 0 Å². The van der Waals surface area contributed by atoms with Crippen LogP contribution in [0.3, 0.4) is 0 Å². The highest BCUT2D eigenvalue weighted by atomic mass is 35.5. The summed E-state index contributed by atoms with van der Waals surface area (Å²) < 4.78 is 5.47. The molecule has 4 aliphatic rings. The van der Waals surface area contributed by atoms with E-state index in [2.05, 4.69) is 79.9 Å². The molecule has 4 saturated heterocycles. The molecule has 8 rings (SSSR count). The zero-order chi connectivity index (χ0) is 42.8. The van der Waals surface area contributed by atoms with Crippen molar-refractivity contribution < 1.29 is 29.3 Å². The normalized spacial score (nSPS) is 20.1. The number of fused-ring (bicyclic) bond motifs is 2.